The van der Waals surface area contributed by atoms with Crippen molar-refractivity contribution in [2.24, 2.45) is 5.73 Å². The first-order valence-electron chi connectivity index (χ1n) is 4.71. The van der Waals surface area contributed by atoms with E-state index in [0.717, 1.165) is 12.6 Å². The maximum Gasteiger partial charge on any atom is 0.0192 e. The van der Waals surface area contributed by atoms with Crippen LogP contribution in [-0.2, 0) is 0 Å². The summed E-state index contributed by atoms with van der Waals surface area (Å²) in [5, 5.41) is 0. The second-order valence-electron chi connectivity index (χ2n) is 3.67. The zero-order chi connectivity index (χ0) is 8.27. The van der Waals surface area contributed by atoms with Crippen molar-refractivity contribution in [2.45, 2.75) is 45.2 Å². The van der Waals surface area contributed by atoms with Crippen LogP contribution in [0.15, 0.2) is 0 Å². The predicted octanol–water partition coefficient (Wildman–Crippen LogP) is 1.21. The molecule has 2 nitrogen and oxygen atoms in total. The molecule has 1 heterocycles. The van der Waals surface area contributed by atoms with Crippen molar-refractivity contribution in [1.82, 2.24) is 4.90 Å². The lowest BCUT2D eigenvalue weighted by atomic mass is 10.0. The minimum absolute atomic E-state index is 0.574. The first-order chi connectivity index (χ1) is 5.25. The Kier molecular flexibility index (Phi) is 3.34. The van der Waals surface area contributed by atoms with E-state index in [4.69, 9.17) is 5.73 Å². The van der Waals surface area contributed by atoms with Crippen molar-refractivity contribution in [1.29, 1.82) is 0 Å². The minimum atomic E-state index is 0.574. The molecule has 1 aliphatic rings. The van der Waals surface area contributed by atoms with E-state index >= 15 is 0 Å². The maximum absolute atomic E-state index is 5.62. The van der Waals surface area contributed by atoms with E-state index in [-0.39, 0.29) is 0 Å². The van der Waals surface area contributed by atoms with Gasteiger partial charge in [0.05, 0.1) is 0 Å². The van der Waals surface area contributed by atoms with Crippen molar-refractivity contribution in [3.8, 4) is 0 Å². The third-order valence-corrected chi connectivity index (χ3v) is 2.76. The molecule has 1 fully saturated rings. The lowest BCUT2D eigenvalue weighted by molar-refractivity contribution is 0.118. The smallest absolute Gasteiger partial charge is 0.0192 e. The fourth-order valence-electron chi connectivity index (χ4n) is 1.91. The van der Waals surface area contributed by atoms with Crippen LogP contribution in [-0.4, -0.2) is 30.1 Å². The van der Waals surface area contributed by atoms with Gasteiger partial charge in [0.1, 0.15) is 0 Å². The van der Waals surface area contributed by atoms with Gasteiger partial charge in [0, 0.05) is 18.6 Å². The average molecular weight is 156 g/mol. The number of likely N-dealkylation sites (tertiary alicyclic amines) is 1. The van der Waals surface area contributed by atoms with Crippen molar-refractivity contribution < 1.29 is 0 Å². The molecule has 0 aromatic rings. The molecule has 0 aliphatic carbocycles. The molecule has 0 unspecified atom stereocenters. The summed E-state index contributed by atoms with van der Waals surface area (Å²) in [7, 11) is 0. The van der Waals surface area contributed by atoms with E-state index in [0.29, 0.717) is 6.04 Å². The van der Waals surface area contributed by atoms with Gasteiger partial charge in [-0.05, 0) is 33.2 Å². The van der Waals surface area contributed by atoms with Crippen molar-refractivity contribution in [3.05, 3.63) is 0 Å². The summed E-state index contributed by atoms with van der Waals surface area (Å²) >= 11 is 0. The third kappa shape index (κ3) is 2.17. The van der Waals surface area contributed by atoms with E-state index in [2.05, 4.69) is 18.7 Å². The van der Waals surface area contributed by atoms with Crippen LogP contribution in [0.3, 0.4) is 0 Å². The van der Waals surface area contributed by atoms with Gasteiger partial charge in [0.15, 0.2) is 0 Å². The van der Waals surface area contributed by atoms with Gasteiger partial charge >= 0.3 is 0 Å². The predicted molar refractivity (Wildman–Crippen MR) is 48.5 cm³/mol. The maximum atomic E-state index is 5.62. The molecule has 2 atom stereocenters. The van der Waals surface area contributed by atoms with E-state index in [1.54, 1.807) is 0 Å². The first kappa shape index (κ1) is 9.01. The summed E-state index contributed by atoms with van der Waals surface area (Å²) in [6, 6.07) is 1.33. The van der Waals surface area contributed by atoms with E-state index in [9.17, 15) is 0 Å². The molecule has 1 rings (SSSR count). The van der Waals surface area contributed by atoms with Gasteiger partial charge in [0.2, 0.25) is 0 Å². The van der Waals surface area contributed by atoms with Crippen LogP contribution in [0.1, 0.15) is 33.1 Å². The zero-order valence-corrected chi connectivity index (χ0v) is 7.71. The molecular weight excluding hydrogens is 136 g/mol. The fourth-order valence-corrected chi connectivity index (χ4v) is 1.91. The summed E-state index contributed by atoms with van der Waals surface area (Å²) in [6.07, 6.45) is 4.11. The van der Waals surface area contributed by atoms with Crippen LogP contribution >= 0.6 is 0 Å². The van der Waals surface area contributed by atoms with Gasteiger partial charge in [-0.15, -0.1) is 0 Å². The Hall–Kier alpha value is -0.0800. The van der Waals surface area contributed by atoms with Crippen LogP contribution in [0.4, 0.5) is 0 Å². The van der Waals surface area contributed by atoms with Crippen LogP contribution in [0.5, 0.6) is 0 Å². The van der Waals surface area contributed by atoms with E-state index in [1.165, 1.54) is 25.8 Å². The second kappa shape index (κ2) is 4.07. The molecule has 0 aromatic heterocycles. The van der Waals surface area contributed by atoms with Gasteiger partial charge in [-0.3, -0.25) is 4.90 Å². The van der Waals surface area contributed by atoms with E-state index < -0.39 is 0 Å². The summed E-state index contributed by atoms with van der Waals surface area (Å²) in [4.78, 5) is 2.53. The highest BCUT2D eigenvalue weighted by atomic mass is 15.2. The molecule has 0 amide bonds. The second-order valence-corrected chi connectivity index (χ2v) is 3.67. The Labute approximate surface area is 69.8 Å². The molecule has 66 valence electrons. The number of hydrogen-bond donors (Lipinski definition) is 1. The molecule has 0 spiro atoms. The number of nitrogens with two attached hydrogens (primary N) is 1. The Balaban J connectivity index is 2.40. The number of nitrogens with zero attached hydrogens (tertiary/aromatic N) is 1. The van der Waals surface area contributed by atoms with Crippen molar-refractivity contribution in [3.63, 3.8) is 0 Å². The molecule has 1 aliphatic heterocycles. The zero-order valence-electron chi connectivity index (χ0n) is 7.71. The normalized spacial score (nSPS) is 30.3. The highest BCUT2D eigenvalue weighted by molar-refractivity contribution is 4.77. The largest absolute Gasteiger partial charge is 0.329 e. The van der Waals surface area contributed by atoms with Gasteiger partial charge in [-0.2, -0.15) is 0 Å². The molecule has 0 aromatic carbocycles. The quantitative estimate of drug-likeness (QED) is 0.651. The lowest BCUT2D eigenvalue weighted by Crippen LogP contribution is -2.46. The monoisotopic (exact) mass is 156 g/mol. The number of hydrogen-bond acceptors (Lipinski definition) is 2. The highest BCUT2D eigenvalue weighted by Crippen LogP contribution is 2.18. The average Bonchev–Trinajstić information content (AvgIpc) is 2.04. The molecule has 0 saturated carbocycles. The third-order valence-electron chi connectivity index (χ3n) is 2.76. The highest BCUT2D eigenvalue weighted by Gasteiger charge is 2.21. The minimum Gasteiger partial charge on any atom is -0.329 e. The van der Waals surface area contributed by atoms with Crippen LogP contribution in [0.25, 0.3) is 0 Å². The van der Waals surface area contributed by atoms with Crippen LogP contribution in [0.2, 0.25) is 0 Å². The number of piperidine rings is 1. The fraction of sp³-hybridized carbons (Fsp3) is 1.00. The van der Waals surface area contributed by atoms with Crippen LogP contribution < -0.4 is 5.73 Å². The summed E-state index contributed by atoms with van der Waals surface area (Å²) in [5.74, 6) is 0. The van der Waals surface area contributed by atoms with Gasteiger partial charge in [0.25, 0.3) is 0 Å². The Morgan fingerprint density at radius 3 is 2.82 bits per heavy atom. The Bertz CT molecular complexity index is 110. The molecule has 0 bridgehead atoms. The standard InChI is InChI=1S/C9H20N2/c1-8-5-3-4-6-11(8)9(2)7-10/h8-9H,3-7,10H2,1-2H3/t8-,9+/m1/s1. The topological polar surface area (TPSA) is 29.3 Å². The summed E-state index contributed by atoms with van der Waals surface area (Å²) in [5.41, 5.74) is 5.62. The SMILES string of the molecule is C[C@@H]1CCCCN1[C@@H](C)CN. The van der Waals surface area contributed by atoms with E-state index in [1.807, 2.05) is 0 Å². The molecule has 1 saturated heterocycles. The molecule has 2 N–H and O–H groups in total. The van der Waals surface area contributed by atoms with Gasteiger partial charge in [-0.25, -0.2) is 0 Å². The molecule has 11 heavy (non-hydrogen) atoms. The summed E-state index contributed by atoms with van der Waals surface area (Å²) < 4.78 is 0. The number of rotatable bonds is 2. The van der Waals surface area contributed by atoms with Gasteiger partial charge in [-0.1, -0.05) is 6.42 Å². The summed E-state index contributed by atoms with van der Waals surface area (Å²) in [6.45, 7) is 6.58. The van der Waals surface area contributed by atoms with Crippen molar-refractivity contribution >= 4 is 0 Å². The Morgan fingerprint density at radius 1 is 1.55 bits per heavy atom. The molecule has 0 radical (unpaired) electrons. The van der Waals surface area contributed by atoms with Gasteiger partial charge < -0.3 is 5.73 Å². The molecule has 2 heteroatoms. The lowest BCUT2D eigenvalue weighted by Gasteiger charge is -2.37. The van der Waals surface area contributed by atoms with Crippen LogP contribution in [0, 0.1) is 0 Å². The van der Waals surface area contributed by atoms with Crippen molar-refractivity contribution in [2.75, 3.05) is 13.1 Å². The molecular formula is C9H20N2. The Morgan fingerprint density at radius 2 is 2.27 bits per heavy atom. The first-order valence-corrected chi connectivity index (χ1v) is 4.71.